The van der Waals surface area contributed by atoms with E-state index in [1.165, 1.54) is 5.57 Å². The Morgan fingerprint density at radius 2 is 1.69 bits per heavy atom. The Labute approximate surface area is 253 Å². The normalized spacial score (nSPS) is 18.3. The maximum Gasteiger partial charge on any atom is 0.241 e. The second-order valence-corrected chi connectivity index (χ2v) is 12.5. The molecule has 0 unspecified atom stereocenters. The Balaban J connectivity index is 1.49. The van der Waals surface area contributed by atoms with Gasteiger partial charge in [0.1, 0.15) is 17.4 Å². The van der Waals surface area contributed by atoms with Crippen molar-refractivity contribution in [3.8, 4) is 5.75 Å². The molecular formula is C32H32BrF2N3O3S. The first-order valence-electron chi connectivity index (χ1n) is 13.4. The summed E-state index contributed by atoms with van der Waals surface area (Å²) in [5, 5.41) is 14.1. The molecule has 42 heavy (non-hydrogen) atoms. The number of hydrogen-bond donors (Lipinski definition) is 3. The standard InChI is InChI=1S/C32H32BrF2N3O3S/c1-36-21-31(33)25-7-3-2-6-24(30-8-4-5-9-32(30)39)14-28(15-25)37-19-22-10-12-23(13-11-22)20-38-42(40,41)29-17-26(34)16-27(35)18-29/h4-6,8-14,16-18,21,37-39H,2-3,7,15,19-20H2,1H3/b24-6+,28-14+,31-25+,36-21?. The molecule has 1 aliphatic rings. The van der Waals surface area contributed by atoms with Gasteiger partial charge in [-0.3, -0.25) is 4.99 Å². The van der Waals surface area contributed by atoms with Gasteiger partial charge in [0.25, 0.3) is 0 Å². The van der Waals surface area contributed by atoms with Gasteiger partial charge in [-0.15, -0.1) is 0 Å². The van der Waals surface area contributed by atoms with E-state index in [1.807, 2.05) is 24.3 Å². The summed E-state index contributed by atoms with van der Waals surface area (Å²) in [4.78, 5) is 3.69. The van der Waals surface area contributed by atoms with Crippen LogP contribution in [0.4, 0.5) is 8.78 Å². The minimum absolute atomic E-state index is 0.0325. The van der Waals surface area contributed by atoms with Gasteiger partial charge in [-0.25, -0.2) is 21.9 Å². The molecule has 10 heteroatoms. The van der Waals surface area contributed by atoms with Crippen molar-refractivity contribution in [3.05, 3.63) is 123 Å². The van der Waals surface area contributed by atoms with Crippen LogP contribution in [0.15, 0.2) is 105 Å². The van der Waals surface area contributed by atoms with Gasteiger partial charge in [0.15, 0.2) is 0 Å². The van der Waals surface area contributed by atoms with Crippen LogP contribution >= 0.6 is 15.9 Å². The van der Waals surface area contributed by atoms with Crippen LogP contribution in [0.25, 0.3) is 5.57 Å². The lowest BCUT2D eigenvalue weighted by molar-refractivity contribution is 0.473. The number of nitrogens with zero attached hydrogens (tertiary/aromatic N) is 1. The number of allylic oxidation sites excluding steroid dienone is 5. The number of nitrogens with one attached hydrogen (secondary N) is 2. The zero-order chi connectivity index (χ0) is 30.1. The number of aromatic hydroxyl groups is 1. The number of phenols is 1. The third-order valence-electron chi connectivity index (χ3n) is 6.73. The van der Waals surface area contributed by atoms with Crippen molar-refractivity contribution in [1.29, 1.82) is 0 Å². The zero-order valence-electron chi connectivity index (χ0n) is 23.1. The summed E-state index contributed by atoms with van der Waals surface area (Å²) >= 11 is 3.67. The molecule has 0 heterocycles. The molecule has 3 aromatic rings. The SMILES string of the molecule is CN=C/C(Br)=C1/CCC/C=C(c2ccccc2O)\C=C(\NCc2ccc(CNS(=O)(=O)c3cc(F)cc(F)c3)cc2)C1. The van der Waals surface area contributed by atoms with Crippen LogP contribution in [0.2, 0.25) is 0 Å². The van der Waals surface area contributed by atoms with E-state index in [-0.39, 0.29) is 12.3 Å². The minimum Gasteiger partial charge on any atom is -0.507 e. The van der Waals surface area contributed by atoms with E-state index in [0.717, 1.165) is 58.3 Å². The van der Waals surface area contributed by atoms with E-state index < -0.39 is 26.6 Å². The molecule has 0 saturated carbocycles. The van der Waals surface area contributed by atoms with Crippen LogP contribution < -0.4 is 10.0 Å². The van der Waals surface area contributed by atoms with Crippen LogP contribution in [0.3, 0.4) is 0 Å². The van der Waals surface area contributed by atoms with Crippen molar-refractivity contribution in [3.63, 3.8) is 0 Å². The molecule has 0 fully saturated rings. The summed E-state index contributed by atoms with van der Waals surface area (Å²) in [6, 6.07) is 16.9. The van der Waals surface area contributed by atoms with Crippen molar-refractivity contribution in [2.45, 2.75) is 43.7 Å². The monoisotopic (exact) mass is 655 g/mol. The van der Waals surface area contributed by atoms with E-state index in [9.17, 15) is 22.3 Å². The predicted octanol–water partition coefficient (Wildman–Crippen LogP) is 7.13. The summed E-state index contributed by atoms with van der Waals surface area (Å²) in [5.41, 5.74) is 5.57. The second kappa shape index (κ2) is 14.5. The van der Waals surface area contributed by atoms with E-state index in [4.69, 9.17) is 0 Å². The van der Waals surface area contributed by atoms with Gasteiger partial charge >= 0.3 is 0 Å². The number of rotatable bonds is 9. The Bertz CT molecular complexity index is 1630. The van der Waals surface area contributed by atoms with Crippen LogP contribution in [0.1, 0.15) is 42.4 Å². The number of halogens is 3. The predicted molar refractivity (Wildman–Crippen MR) is 167 cm³/mol. The third kappa shape index (κ3) is 8.70. The molecule has 3 N–H and O–H groups in total. The number of para-hydroxylation sites is 1. The molecule has 0 spiro atoms. The smallest absolute Gasteiger partial charge is 0.241 e. The molecule has 6 nitrogen and oxygen atoms in total. The lowest BCUT2D eigenvalue weighted by Crippen LogP contribution is -2.23. The number of benzene rings is 3. The highest BCUT2D eigenvalue weighted by atomic mass is 79.9. The van der Waals surface area contributed by atoms with Crippen LogP contribution in [0.5, 0.6) is 5.75 Å². The van der Waals surface area contributed by atoms with E-state index in [1.54, 1.807) is 37.5 Å². The lowest BCUT2D eigenvalue weighted by atomic mass is 10.0. The summed E-state index contributed by atoms with van der Waals surface area (Å²) in [6.45, 7) is 0.483. The van der Waals surface area contributed by atoms with E-state index in [2.05, 4.69) is 43.1 Å². The highest BCUT2D eigenvalue weighted by molar-refractivity contribution is 9.12. The fourth-order valence-electron chi connectivity index (χ4n) is 4.55. The lowest BCUT2D eigenvalue weighted by Gasteiger charge is -2.16. The molecule has 1 aliphatic carbocycles. The quantitative estimate of drug-likeness (QED) is 0.214. The largest absolute Gasteiger partial charge is 0.507 e. The molecule has 0 radical (unpaired) electrons. The first-order valence-corrected chi connectivity index (χ1v) is 15.7. The second-order valence-electron chi connectivity index (χ2n) is 9.85. The van der Waals surface area contributed by atoms with Gasteiger partial charge in [0.2, 0.25) is 10.0 Å². The minimum atomic E-state index is -4.09. The molecule has 4 rings (SSSR count). The zero-order valence-corrected chi connectivity index (χ0v) is 25.5. The molecule has 0 saturated heterocycles. The third-order valence-corrected chi connectivity index (χ3v) is 8.88. The summed E-state index contributed by atoms with van der Waals surface area (Å²) < 4.78 is 55.3. The Morgan fingerprint density at radius 3 is 2.36 bits per heavy atom. The highest BCUT2D eigenvalue weighted by Gasteiger charge is 2.17. The van der Waals surface area contributed by atoms with Crippen molar-refractivity contribution in [2.75, 3.05) is 7.05 Å². The molecule has 0 bridgehead atoms. The Hall–Kier alpha value is -3.60. The summed E-state index contributed by atoms with van der Waals surface area (Å²) in [7, 11) is -2.35. The number of sulfonamides is 1. The van der Waals surface area contributed by atoms with Crippen LogP contribution in [-0.2, 0) is 23.1 Å². The Morgan fingerprint density at radius 1 is 1.02 bits per heavy atom. The van der Waals surface area contributed by atoms with Crippen LogP contribution in [-0.4, -0.2) is 26.8 Å². The number of hydrogen-bond acceptors (Lipinski definition) is 5. The molecule has 0 aliphatic heterocycles. The van der Waals surface area contributed by atoms with Gasteiger partial charge in [0.05, 0.1) is 4.90 Å². The van der Waals surface area contributed by atoms with Gasteiger partial charge in [-0.1, -0.05) is 48.5 Å². The molecule has 0 amide bonds. The maximum atomic E-state index is 13.5. The molecule has 3 aromatic carbocycles. The first-order chi connectivity index (χ1) is 20.1. The number of phenolic OH excluding ortho intramolecular Hbond substituents is 1. The topological polar surface area (TPSA) is 90.8 Å². The molecule has 0 aromatic heterocycles. The van der Waals surface area contributed by atoms with E-state index in [0.29, 0.717) is 24.6 Å². The fraction of sp³-hybridized carbons (Fsp3) is 0.219. The Kier molecular flexibility index (Phi) is 10.8. The van der Waals surface area contributed by atoms with Crippen molar-refractivity contribution < 1.29 is 22.3 Å². The number of aliphatic imine (C=N–C) groups is 1. The van der Waals surface area contributed by atoms with Crippen molar-refractivity contribution in [2.24, 2.45) is 4.99 Å². The first kappa shape index (κ1) is 31.3. The molecular weight excluding hydrogens is 624 g/mol. The average Bonchev–Trinajstić information content (AvgIpc) is 3.06. The van der Waals surface area contributed by atoms with Gasteiger partial charge in [-0.05, 0) is 81.7 Å². The van der Waals surface area contributed by atoms with Gasteiger partial charge < -0.3 is 10.4 Å². The van der Waals surface area contributed by atoms with Gasteiger partial charge in [-0.2, -0.15) is 0 Å². The summed E-state index contributed by atoms with van der Waals surface area (Å²) in [5.74, 6) is -1.69. The van der Waals surface area contributed by atoms with Crippen LogP contribution in [0, 0.1) is 11.6 Å². The summed E-state index contributed by atoms with van der Waals surface area (Å²) in [6.07, 6.45) is 9.40. The highest BCUT2D eigenvalue weighted by Crippen LogP contribution is 2.31. The molecule has 220 valence electrons. The fourth-order valence-corrected chi connectivity index (χ4v) is 6.15. The average molecular weight is 657 g/mol. The van der Waals surface area contributed by atoms with Crippen molar-refractivity contribution in [1.82, 2.24) is 10.0 Å². The van der Waals surface area contributed by atoms with Gasteiger partial charge in [0, 0.05) is 54.6 Å². The molecule has 0 atom stereocenters. The van der Waals surface area contributed by atoms with E-state index >= 15 is 0 Å². The van der Waals surface area contributed by atoms with Crippen molar-refractivity contribution >= 4 is 37.7 Å². The maximum absolute atomic E-state index is 13.5.